The molecule has 1 aliphatic carbocycles. The van der Waals surface area contributed by atoms with Crippen molar-refractivity contribution in [2.75, 3.05) is 19.6 Å². The van der Waals surface area contributed by atoms with E-state index in [1.807, 2.05) is 0 Å². The molecule has 5 nitrogen and oxygen atoms in total. The molecular formula is C15H20N2O3S. The smallest absolute Gasteiger partial charge is 0.328 e. The van der Waals surface area contributed by atoms with Crippen molar-refractivity contribution in [2.24, 2.45) is 0 Å². The number of carbonyl (C=O) groups excluding carboxylic acids is 1. The van der Waals surface area contributed by atoms with Crippen LogP contribution in [0.25, 0.3) is 6.08 Å². The first-order chi connectivity index (χ1) is 10.1. The number of carboxylic acids is 1. The third-order valence-corrected chi connectivity index (χ3v) is 4.32. The van der Waals surface area contributed by atoms with Crippen LogP contribution >= 0.6 is 11.3 Å². The summed E-state index contributed by atoms with van der Waals surface area (Å²) in [6, 6.07) is 2.42. The Morgan fingerprint density at radius 2 is 2.29 bits per heavy atom. The summed E-state index contributed by atoms with van der Waals surface area (Å²) in [7, 11) is 0. The van der Waals surface area contributed by atoms with Crippen LogP contribution in [0.5, 0.6) is 0 Å². The van der Waals surface area contributed by atoms with Gasteiger partial charge >= 0.3 is 5.97 Å². The third kappa shape index (κ3) is 4.99. The Balaban J connectivity index is 1.78. The number of carbonyl (C=O) groups is 2. The lowest BCUT2D eigenvalue weighted by atomic mass is 10.3. The quantitative estimate of drug-likeness (QED) is 0.721. The molecule has 1 aliphatic rings. The summed E-state index contributed by atoms with van der Waals surface area (Å²) in [6.45, 7) is 4.67. The molecule has 2 N–H and O–H groups in total. The van der Waals surface area contributed by atoms with Gasteiger partial charge in [0.15, 0.2) is 0 Å². The van der Waals surface area contributed by atoms with E-state index in [1.165, 1.54) is 30.3 Å². The SMILES string of the molecule is CCN(CCNC(=O)c1csc(/C=C/C(=O)O)c1)C1CC1. The van der Waals surface area contributed by atoms with Crippen LogP contribution in [0.15, 0.2) is 17.5 Å². The summed E-state index contributed by atoms with van der Waals surface area (Å²) in [5, 5.41) is 13.2. The Hall–Kier alpha value is -1.66. The molecule has 0 spiro atoms. The van der Waals surface area contributed by atoms with Crippen molar-refractivity contribution in [3.05, 3.63) is 28.0 Å². The molecule has 2 rings (SSSR count). The highest BCUT2D eigenvalue weighted by atomic mass is 32.1. The molecule has 1 saturated carbocycles. The van der Waals surface area contributed by atoms with Gasteiger partial charge in [-0.1, -0.05) is 6.92 Å². The lowest BCUT2D eigenvalue weighted by molar-refractivity contribution is -0.131. The number of carboxylic acid groups (broad SMARTS) is 1. The Bertz CT molecular complexity index is 535. The van der Waals surface area contributed by atoms with E-state index >= 15 is 0 Å². The summed E-state index contributed by atoms with van der Waals surface area (Å²) >= 11 is 1.36. The summed E-state index contributed by atoms with van der Waals surface area (Å²) < 4.78 is 0. The van der Waals surface area contributed by atoms with Crippen LogP contribution < -0.4 is 5.32 Å². The van der Waals surface area contributed by atoms with Gasteiger partial charge < -0.3 is 10.4 Å². The Labute approximate surface area is 128 Å². The number of aliphatic carboxylic acids is 1. The molecule has 1 amide bonds. The maximum Gasteiger partial charge on any atom is 0.328 e. The van der Waals surface area contributed by atoms with Crippen LogP contribution in [0.1, 0.15) is 35.0 Å². The minimum atomic E-state index is -0.992. The van der Waals surface area contributed by atoms with Crippen molar-refractivity contribution >= 4 is 29.3 Å². The number of nitrogens with zero attached hydrogens (tertiary/aromatic N) is 1. The highest BCUT2D eigenvalue weighted by molar-refractivity contribution is 7.11. The third-order valence-electron chi connectivity index (χ3n) is 3.43. The number of thiophene rings is 1. The van der Waals surface area contributed by atoms with Crippen molar-refractivity contribution in [2.45, 2.75) is 25.8 Å². The molecule has 0 aliphatic heterocycles. The molecule has 0 saturated heterocycles. The second-order valence-electron chi connectivity index (χ2n) is 5.02. The lowest BCUT2D eigenvalue weighted by Crippen LogP contribution is -2.35. The average Bonchev–Trinajstić information content (AvgIpc) is 3.18. The molecule has 0 unspecified atom stereocenters. The van der Waals surface area contributed by atoms with Gasteiger partial charge in [0.05, 0.1) is 5.56 Å². The van der Waals surface area contributed by atoms with Gasteiger partial charge in [-0.2, -0.15) is 0 Å². The normalized spacial score (nSPS) is 14.8. The molecule has 6 heteroatoms. The van der Waals surface area contributed by atoms with Crippen LogP contribution in [-0.2, 0) is 4.79 Å². The van der Waals surface area contributed by atoms with Crippen molar-refractivity contribution in [3.63, 3.8) is 0 Å². The van der Waals surface area contributed by atoms with Crippen molar-refractivity contribution in [1.29, 1.82) is 0 Å². The van der Waals surface area contributed by atoms with Crippen molar-refractivity contribution in [1.82, 2.24) is 10.2 Å². The van der Waals surface area contributed by atoms with Gasteiger partial charge in [-0.15, -0.1) is 11.3 Å². The van der Waals surface area contributed by atoms with Gasteiger partial charge in [0, 0.05) is 35.5 Å². The fourth-order valence-corrected chi connectivity index (χ4v) is 2.95. The molecule has 21 heavy (non-hydrogen) atoms. The fraction of sp³-hybridized carbons (Fsp3) is 0.467. The van der Waals surface area contributed by atoms with Gasteiger partial charge in [-0.3, -0.25) is 9.69 Å². The summed E-state index contributed by atoms with van der Waals surface area (Å²) in [5.74, 6) is -1.10. The molecule has 0 radical (unpaired) electrons. The first-order valence-corrected chi connectivity index (χ1v) is 8.00. The zero-order chi connectivity index (χ0) is 15.2. The molecule has 0 aromatic carbocycles. The van der Waals surface area contributed by atoms with E-state index in [1.54, 1.807) is 11.4 Å². The Morgan fingerprint density at radius 1 is 1.52 bits per heavy atom. The van der Waals surface area contributed by atoms with Gasteiger partial charge in [-0.05, 0) is 31.5 Å². The number of nitrogens with one attached hydrogen (secondary N) is 1. The van der Waals surface area contributed by atoms with E-state index in [2.05, 4.69) is 17.1 Å². The van der Waals surface area contributed by atoms with Crippen LogP contribution in [0, 0.1) is 0 Å². The Kier molecular flexibility index (Phi) is 5.52. The van der Waals surface area contributed by atoms with Crippen LogP contribution in [0.4, 0.5) is 0 Å². The van der Waals surface area contributed by atoms with E-state index in [0.717, 1.165) is 24.0 Å². The monoisotopic (exact) mass is 308 g/mol. The summed E-state index contributed by atoms with van der Waals surface area (Å²) in [6.07, 6.45) is 5.11. The fourth-order valence-electron chi connectivity index (χ4n) is 2.17. The van der Waals surface area contributed by atoms with Crippen molar-refractivity contribution < 1.29 is 14.7 Å². The van der Waals surface area contributed by atoms with E-state index in [-0.39, 0.29) is 5.91 Å². The standard InChI is InChI=1S/C15H20N2O3S/c1-2-17(12-3-4-12)8-7-16-15(20)11-9-13(21-10-11)5-6-14(18)19/h5-6,9-10,12H,2-4,7-8H2,1H3,(H,16,20)(H,18,19)/b6-5+. The zero-order valence-electron chi connectivity index (χ0n) is 12.0. The molecule has 1 aromatic heterocycles. The Morgan fingerprint density at radius 3 is 2.90 bits per heavy atom. The van der Waals surface area contributed by atoms with Gasteiger partial charge in [0.25, 0.3) is 5.91 Å². The number of likely N-dealkylation sites (N-methyl/N-ethyl adjacent to an activating group) is 1. The van der Waals surface area contributed by atoms with E-state index in [4.69, 9.17) is 5.11 Å². The number of hydrogen-bond acceptors (Lipinski definition) is 4. The van der Waals surface area contributed by atoms with Crippen LogP contribution in [0.2, 0.25) is 0 Å². The zero-order valence-corrected chi connectivity index (χ0v) is 12.9. The highest BCUT2D eigenvalue weighted by Crippen LogP contribution is 2.25. The largest absolute Gasteiger partial charge is 0.478 e. The molecule has 0 bridgehead atoms. The number of amides is 1. The first-order valence-electron chi connectivity index (χ1n) is 7.12. The highest BCUT2D eigenvalue weighted by Gasteiger charge is 2.27. The topological polar surface area (TPSA) is 69.6 Å². The lowest BCUT2D eigenvalue weighted by Gasteiger charge is -2.19. The maximum atomic E-state index is 12.0. The van der Waals surface area contributed by atoms with E-state index in [9.17, 15) is 9.59 Å². The van der Waals surface area contributed by atoms with Crippen LogP contribution in [-0.4, -0.2) is 47.6 Å². The van der Waals surface area contributed by atoms with E-state index < -0.39 is 5.97 Å². The second-order valence-corrected chi connectivity index (χ2v) is 5.97. The predicted molar refractivity (Wildman–Crippen MR) is 83.6 cm³/mol. The number of rotatable bonds is 8. The van der Waals surface area contributed by atoms with Gasteiger partial charge in [0.2, 0.25) is 0 Å². The number of hydrogen-bond donors (Lipinski definition) is 2. The minimum absolute atomic E-state index is 0.104. The maximum absolute atomic E-state index is 12.0. The summed E-state index contributed by atoms with van der Waals surface area (Å²) in [4.78, 5) is 25.6. The van der Waals surface area contributed by atoms with Gasteiger partial charge in [0.1, 0.15) is 0 Å². The van der Waals surface area contributed by atoms with Gasteiger partial charge in [-0.25, -0.2) is 4.79 Å². The average molecular weight is 308 g/mol. The molecule has 0 atom stereocenters. The molecular weight excluding hydrogens is 288 g/mol. The van der Waals surface area contributed by atoms with Crippen LogP contribution in [0.3, 0.4) is 0 Å². The molecule has 1 fully saturated rings. The van der Waals surface area contributed by atoms with E-state index in [0.29, 0.717) is 18.2 Å². The first kappa shape index (κ1) is 15.7. The summed E-state index contributed by atoms with van der Waals surface area (Å²) in [5.41, 5.74) is 0.583. The van der Waals surface area contributed by atoms with Crippen molar-refractivity contribution in [3.8, 4) is 0 Å². The molecule has 1 aromatic rings. The minimum Gasteiger partial charge on any atom is -0.478 e. The second kappa shape index (κ2) is 7.38. The predicted octanol–water partition coefficient (Wildman–Crippen LogP) is 2.06. The molecule has 1 heterocycles. The molecule has 114 valence electrons.